The fourth-order valence-corrected chi connectivity index (χ4v) is 7.80. The zero-order chi connectivity index (χ0) is 45.3. The van der Waals surface area contributed by atoms with Crippen molar-refractivity contribution in [2.75, 3.05) is 58.2 Å². The number of nitrogens with one attached hydrogen (secondary N) is 2. The number of aliphatic hydroxyl groups excluding tert-OH is 1. The molecule has 2 aliphatic carbocycles. The molecule has 0 radical (unpaired) electrons. The molecule has 2 aliphatic heterocycles. The van der Waals surface area contributed by atoms with Crippen LogP contribution in [-0.2, 0) is 53.6 Å². The van der Waals surface area contributed by atoms with Gasteiger partial charge >= 0.3 is 58.7 Å². The first kappa shape index (κ1) is 62.0. The number of ether oxygens (including phenoxy) is 3. The molecule has 23 heteroatoms. The Morgan fingerprint density at radius 1 is 0.729 bits per heavy atom. The minimum atomic E-state index is -5.96. The van der Waals surface area contributed by atoms with Gasteiger partial charge in [-0.25, -0.2) is 26.4 Å². The SMILES string of the molecule is CC12CCC(C(=O)O)(OC1=O)C2(C)C.CC12CCC(C(=O)OCC(F)(F)S(=O)(=O)[O-])(OC1=O)C2(C)C.CC[NH+](CC)CC.CC[NH+](CC)CC.O=S(=O)([O-])CCO.[Cl-].[Na+]. The van der Waals surface area contributed by atoms with Crippen LogP contribution in [-0.4, -0.2) is 135 Å². The Labute approximate surface area is 377 Å². The van der Waals surface area contributed by atoms with Gasteiger partial charge in [-0.3, -0.25) is 9.59 Å². The Balaban J connectivity index is -0.000000729. The number of hydrogen-bond donors (Lipinski definition) is 4. The number of aliphatic hydroxyl groups is 1. The van der Waals surface area contributed by atoms with Crippen molar-refractivity contribution in [3.63, 3.8) is 0 Å². The maximum absolute atomic E-state index is 13.1. The molecule has 0 amide bonds. The van der Waals surface area contributed by atoms with Gasteiger partial charge in [0.2, 0.25) is 11.2 Å². The number of fused-ring (bicyclic) bond motifs is 4. The largest absolute Gasteiger partial charge is 1.00 e. The summed E-state index contributed by atoms with van der Waals surface area (Å²) in [6.07, 6.45) is 1.42. The zero-order valence-corrected chi connectivity index (χ0v) is 41.2. The predicted molar refractivity (Wildman–Crippen MR) is 200 cm³/mol. The van der Waals surface area contributed by atoms with Gasteiger partial charge in [-0.1, -0.05) is 27.7 Å². The third kappa shape index (κ3) is 13.1. The molecule has 59 heavy (non-hydrogen) atoms. The van der Waals surface area contributed by atoms with Crippen molar-refractivity contribution in [1.29, 1.82) is 0 Å². The van der Waals surface area contributed by atoms with E-state index in [0.717, 1.165) is 0 Å². The van der Waals surface area contributed by atoms with Gasteiger partial charge in [-0.2, -0.15) is 8.78 Å². The Hall–Kier alpha value is -1.27. The molecule has 4 unspecified atom stereocenters. The predicted octanol–water partition coefficient (Wildman–Crippen LogP) is -5.62. The van der Waals surface area contributed by atoms with E-state index >= 15 is 0 Å². The molecule has 0 spiro atoms. The topological polar surface area (TPSA) is 260 Å². The van der Waals surface area contributed by atoms with Gasteiger partial charge in [0.05, 0.1) is 72.6 Å². The summed E-state index contributed by atoms with van der Waals surface area (Å²) in [5.74, 6) is -3.97. The van der Waals surface area contributed by atoms with Crippen LogP contribution in [0.15, 0.2) is 0 Å². The van der Waals surface area contributed by atoms with E-state index in [1.54, 1.807) is 51.3 Å². The first-order valence-corrected chi connectivity index (χ1v) is 22.2. The maximum atomic E-state index is 13.1. The van der Waals surface area contributed by atoms with Crippen LogP contribution >= 0.6 is 0 Å². The number of halogens is 3. The standard InChI is InChI=1S/C12H16F2O7S.C10H14O4.2C6H15N.C2H6O4S.ClH.Na/c1-9(2)10(3)4-5-11(9,21-7(10)15)8(16)20-6-12(13,14)22(17,18)19;1-8(2)9(3)4-5-10(8,6(11)12)14-7(9)13;2*1-4-7(5-2)6-3;3-1-2-7(4,5)6;;/h4-6H2,1-3H3,(H,17,18,19);4-5H2,1-3H3,(H,11,12);2*4-6H2,1-3H3;3H,1-2H2,(H,4,5,6);1H;/q;;;;;;+1/p-1. The second kappa shape index (κ2) is 23.4. The number of alkyl halides is 2. The number of hydrogen-bond acceptors (Lipinski definition) is 14. The van der Waals surface area contributed by atoms with E-state index in [0.29, 0.717) is 19.3 Å². The first-order chi connectivity index (χ1) is 25.7. The number of carbonyl (C=O) groups is 4. The van der Waals surface area contributed by atoms with Crippen molar-refractivity contribution in [2.24, 2.45) is 21.7 Å². The fraction of sp³-hybridized carbons (Fsp3) is 0.889. The van der Waals surface area contributed by atoms with Crippen LogP contribution < -0.4 is 51.8 Å². The Bertz CT molecular complexity index is 1610. The van der Waals surface area contributed by atoms with Crippen LogP contribution in [0.5, 0.6) is 0 Å². The third-order valence-corrected chi connectivity index (χ3v) is 14.5. The fourth-order valence-electron chi connectivity index (χ4n) is 7.37. The molecule has 2 heterocycles. The van der Waals surface area contributed by atoms with Crippen molar-refractivity contribution in [3.05, 3.63) is 0 Å². The number of carboxylic acid groups (broad SMARTS) is 1. The minimum Gasteiger partial charge on any atom is -1.00 e. The van der Waals surface area contributed by atoms with E-state index in [1.165, 1.54) is 39.3 Å². The van der Waals surface area contributed by atoms with Gasteiger partial charge in [-0.15, -0.1) is 0 Å². The first-order valence-electron chi connectivity index (χ1n) is 19.2. The molecule has 2 saturated carbocycles. The smallest absolute Gasteiger partial charge is 1.00 e. The summed E-state index contributed by atoms with van der Waals surface area (Å²) in [6, 6.07) is 0. The van der Waals surface area contributed by atoms with Gasteiger partial charge in [-0.05, 0) is 81.1 Å². The van der Waals surface area contributed by atoms with Gasteiger partial charge < -0.3 is 55.7 Å². The summed E-state index contributed by atoms with van der Waals surface area (Å²) in [4.78, 5) is 50.3. The van der Waals surface area contributed by atoms with Crippen LogP contribution in [0.1, 0.15) is 109 Å². The Morgan fingerprint density at radius 3 is 1.22 bits per heavy atom. The molecule has 17 nitrogen and oxygen atoms in total. The van der Waals surface area contributed by atoms with Crippen LogP contribution in [0.25, 0.3) is 0 Å². The maximum Gasteiger partial charge on any atom is 1.00 e. The molecular formula is C36H66ClF2N2NaO15S2. The van der Waals surface area contributed by atoms with E-state index in [2.05, 4.69) is 46.3 Å². The van der Waals surface area contributed by atoms with Crippen molar-refractivity contribution in [1.82, 2.24) is 0 Å². The van der Waals surface area contributed by atoms with Gasteiger partial charge in [0.1, 0.15) is 0 Å². The molecule has 2 saturated heterocycles. The number of rotatable bonds is 13. The molecule has 4 N–H and O–H groups in total. The number of carboxylic acids is 1. The molecule has 0 aromatic rings. The molecule has 4 bridgehead atoms. The second-order valence-electron chi connectivity index (χ2n) is 15.9. The minimum absolute atomic E-state index is 0. The van der Waals surface area contributed by atoms with Crippen LogP contribution in [0.3, 0.4) is 0 Å². The van der Waals surface area contributed by atoms with E-state index in [9.17, 15) is 59.0 Å². The summed E-state index contributed by atoms with van der Waals surface area (Å²) in [5.41, 5.74) is -6.27. The van der Waals surface area contributed by atoms with E-state index < -0.39 is 95.2 Å². The molecule has 0 aromatic heterocycles. The van der Waals surface area contributed by atoms with E-state index in [4.69, 9.17) is 14.6 Å². The van der Waals surface area contributed by atoms with Crippen molar-refractivity contribution >= 4 is 44.1 Å². The molecule has 4 fully saturated rings. The van der Waals surface area contributed by atoms with E-state index in [-0.39, 0.29) is 54.4 Å². The summed E-state index contributed by atoms with van der Waals surface area (Å²) in [7, 11) is -10.1. The summed E-state index contributed by atoms with van der Waals surface area (Å²) in [6.45, 7) is 28.6. The molecule has 344 valence electrons. The normalized spacial score (nSPS) is 26.8. The quantitative estimate of drug-likeness (QED) is 0.0581. The molecule has 0 aromatic carbocycles. The molecule has 4 atom stereocenters. The summed E-state index contributed by atoms with van der Waals surface area (Å²) < 4.78 is 100. The molecule has 4 aliphatic rings. The monoisotopic (exact) mass is 926 g/mol. The van der Waals surface area contributed by atoms with Crippen LogP contribution in [0, 0.1) is 21.7 Å². The zero-order valence-electron chi connectivity index (χ0n) is 36.8. The van der Waals surface area contributed by atoms with Crippen LogP contribution in [0.4, 0.5) is 8.78 Å². The summed E-state index contributed by atoms with van der Waals surface area (Å²) in [5, 5.41) is 12.3. The summed E-state index contributed by atoms with van der Waals surface area (Å²) >= 11 is 0. The van der Waals surface area contributed by atoms with E-state index in [1.807, 2.05) is 0 Å². The average molecular weight is 927 g/mol. The Morgan fingerprint density at radius 2 is 1.05 bits per heavy atom. The average Bonchev–Trinajstić information content (AvgIpc) is 3.57. The van der Waals surface area contributed by atoms with Crippen molar-refractivity contribution in [2.45, 2.75) is 125 Å². The Kier molecular flexibility index (Phi) is 24.6. The number of aliphatic carboxylic acids is 1. The van der Waals surface area contributed by atoms with Gasteiger partial charge in [0, 0.05) is 10.8 Å². The number of carbonyl (C=O) groups excluding carboxylic acids is 3. The van der Waals surface area contributed by atoms with Crippen LogP contribution in [0.2, 0.25) is 0 Å². The number of quaternary nitrogens is 2. The third-order valence-electron chi connectivity index (χ3n) is 12.9. The van der Waals surface area contributed by atoms with Gasteiger partial charge in [0.15, 0.2) is 16.7 Å². The second-order valence-corrected chi connectivity index (χ2v) is 19.0. The molecular weight excluding hydrogens is 861 g/mol. The van der Waals surface area contributed by atoms with Crippen molar-refractivity contribution < 1.29 is 130 Å². The molecule has 4 rings (SSSR count). The van der Waals surface area contributed by atoms with Crippen molar-refractivity contribution in [3.8, 4) is 0 Å². The van der Waals surface area contributed by atoms with Gasteiger partial charge in [0.25, 0.3) is 0 Å². The number of esters is 3.